The van der Waals surface area contributed by atoms with Gasteiger partial charge in [0.25, 0.3) is 0 Å². The third-order valence-electron chi connectivity index (χ3n) is 6.96. The number of fused-ring (bicyclic) bond motifs is 1. The van der Waals surface area contributed by atoms with E-state index in [9.17, 15) is 4.39 Å². The van der Waals surface area contributed by atoms with Gasteiger partial charge in [0.1, 0.15) is 22.9 Å². The fourth-order valence-corrected chi connectivity index (χ4v) is 4.96. The standard InChI is InChI=1S/C25H24ClFN6/c1-13-14(2)30-25-23(29-13)22(20-8-5-18(26)10-21(20)27)31-24(32-25)16-4-3-15(9-16)17-11-28-33(12-17)19-6-7-19/h5,8,10-12,15-16,19H,3-4,6-7,9H2,1-2H3. The zero-order chi connectivity index (χ0) is 22.7. The van der Waals surface area contributed by atoms with Crippen LogP contribution in [0.1, 0.15) is 72.8 Å². The van der Waals surface area contributed by atoms with Crippen LogP contribution in [0.2, 0.25) is 5.02 Å². The fourth-order valence-electron chi connectivity index (χ4n) is 4.80. The van der Waals surface area contributed by atoms with E-state index in [0.717, 1.165) is 30.7 Å². The number of rotatable bonds is 4. The number of nitrogens with zero attached hydrogens (tertiary/aromatic N) is 6. The largest absolute Gasteiger partial charge is 0.269 e. The molecule has 33 heavy (non-hydrogen) atoms. The molecule has 0 saturated heterocycles. The summed E-state index contributed by atoms with van der Waals surface area (Å²) >= 11 is 6.00. The Balaban J connectivity index is 1.40. The molecule has 168 valence electrons. The first-order valence-electron chi connectivity index (χ1n) is 11.5. The number of hydrogen-bond acceptors (Lipinski definition) is 5. The zero-order valence-electron chi connectivity index (χ0n) is 18.6. The van der Waals surface area contributed by atoms with Gasteiger partial charge in [-0.1, -0.05) is 11.6 Å². The predicted molar refractivity (Wildman–Crippen MR) is 125 cm³/mol. The van der Waals surface area contributed by atoms with Crippen molar-refractivity contribution in [3.05, 3.63) is 64.2 Å². The quantitative estimate of drug-likeness (QED) is 0.367. The summed E-state index contributed by atoms with van der Waals surface area (Å²) in [4.78, 5) is 19.0. The highest BCUT2D eigenvalue weighted by Crippen LogP contribution is 2.44. The first-order valence-corrected chi connectivity index (χ1v) is 11.9. The first-order chi connectivity index (χ1) is 16.0. The normalized spacial score (nSPS) is 20.6. The summed E-state index contributed by atoms with van der Waals surface area (Å²) in [5.74, 6) is 0.899. The molecular formula is C25H24ClFN6. The highest BCUT2D eigenvalue weighted by Gasteiger charge is 2.32. The van der Waals surface area contributed by atoms with E-state index in [2.05, 4.69) is 25.9 Å². The van der Waals surface area contributed by atoms with Gasteiger partial charge >= 0.3 is 0 Å². The molecule has 6 nitrogen and oxygen atoms in total. The van der Waals surface area contributed by atoms with Crippen LogP contribution in [-0.2, 0) is 0 Å². The van der Waals surface area contributed by atoms with E-state index in [4.69, 9.17) is 21.6 Å². The van der Waals surface area contributed by atoms with Crippen molar-refractivity contribution in [2.75, 3.05) is 0 Å². The summed E-state index contributed by atoms with van der Waals surface area (Å²) in [5.41, 5.74) is 4.76. The number of benzene rings is 1. The average Bonchev–Trinajstić information content (AvgIpc) is 3.31. The van der Waals surface area contributed by atoms with Crippen molar-refractivity contribution in [3.63, 3.8) is 0 Å². The van der Waals surface area contributed by atoms with Crippen LogP contribution in [0.25, 0.3) is 22.4 Å². The number of halogens is 2. The lowest BCUT2D eigenvalue weighted by molar-refractivity contribution is 0.628. The van der Waals surface area contributed by atoms with Crippen molar-refractivity contribution in [3.8, 4) is 11.3 Å². The van der Waals surface area contributed by atoms with Gasteiger partial charge in [-0.2, -0.15) is 5.10 Å². The maximum atomic E-state index is 14.9. The van der Waals surface area contributed by atoms with Crippen LogP contribution in [0.15, 0.2) is 30.6 Å². The Morgan fingerprint density at radius 3 is 2.55 bits per heavy atom. The van der Waals surface area contributed by atoms with Crippen LogP contribution in [0.5, 0.6) is 0 Å². The molecule has 1 aromatic carbocycles. The summed E-state index contributed by atoms with van der Waals surface area (Å²) < 4.78 is 17.0. The third kappa shape index (κ3) is 3.78. The maximum absolute atomic E-state index is 14.9. The summed E-state index contributed by atoms with van der Waals surface area (Å²) in [5, 5.41) is 4.91. The molecule has 6 rings (SSSR count). The first kappa shape index (κ1) is 20.7. The molecular weight excluding hydrogens is 439 g/mol. The molecule has 0 spiro atoms. The summed E-state index contributed by atoms with van der Waals surface area (Å²) in [6.45, 7) is 3.80. The number of aryl methyl sites for hydroxylation is 2. The monoisotopic (exact) mass is 462 g/mol. The minimum atomic E-state index is -0.426. The van der Waals surface area contributed by atoms with Crippen molar-refractivity contribution in [2.45, 2.75) is 63.8 Å². The molecule has 2 atom stereocenters. The van der Waals surface area contributed by atoms with Crippen LogP contribution < -0.4 is 0 Å². The Hall–Kier alpha value is -2.93. The summed E-state index contributed by atoms with van der Waals surface area (Å²) in [7, 11) is 0. The Labute approximate surface area is 196 Å². The second kappa shape index (κ2) is 7.83. The molecule has 8 heteroatoms. The lowest BCUT2D eigenvalue weighted by Gasteiger charge is -2.14. The molecule has 2 aliphatic rings. The van der Waals surface area contributed by atoms with Gasteiger partial charge in [0.15, 0.2) is 5.65 Å². The van der Waals surface area contributed by atoms with Gasteiger partial charge < -0.3 is 0 Å². The summed E-state index contributed by atoms with van der Waals surface area (Å²) in [6, 6.07) is 5.22. The number of aromatic nitrogens is 6. The SMILES string of the molecule is Cc1nc2nc(C3CCC(c4cnn(C5CC5)c4)C3)nc(-c3ccc(Cl)cc3F)c2nc1C. The van der Waals surface area contributed by atoms with Crippen molar-refractivity contribution >= 4 is 22.8 Å². The third-order valence-corrected chi connectivity index (χ3v) is 7.19. The minimum absolute atomic E-state index is 0.182. The van der Waals surface area contributed by atoms with Crippen molar-refractivity contribution < 1.29 is 4.39 Å². The Bertz CT molecular complexity index is 1380. The molecule has 4 aromatic rings. The minimum Gasteiger partial charge on any atom is -0.269 e. The van der Waals surface area contributed by atoms with Crippen molar-refractivity contribution in [2.24, 2.45) is 0 Å². The predicted octanol–water partition coefficient (Wildman–Crippen LogP) is 6.08. The van der Waals surface area contributed by atoms with Gasteiger partial charge in [0.2, 0.25) is 0 Å². The number of hydrogen-bond donors (Lipinski definition) is 0. The van der Waals surface area contributed by atoms with Crippen LogP contribution in [-0.4, -0.2) is 29.7 Å². The smallest absolute Gasteiger partial charge is 0.182 e. The molecule has 0 amide bonds. The second-order valence-electron chi connectivity index (χ2n) is 9.31. The molecule has 3 aromatic heterocycles. The van der Waals surface area contributed by atoms with Gasteiger partial charge in [0.05, 0.1) is 23.6 Å². The molecule has 2 unspecified atom stereocenters. The molecule has 3 heterocycles. The fraction of sp³-hybridized carbons (Fsp3) is 0.400. The van der Waals surface area contributed by atoms with Gasteiger partial charge in [0, 0.05) is 22.7 Å². The van der Waals surface area contributed by atoms with E-state index in [0.29, 0.717) is 45.2 Å². The van der Waals surface area contributed by atoms with Gasteiger partial charge in [-0.05, 0) is 75.6 Å². The van der Waals surface area contributed by atoms with Gasteiger partial charge in [-0.15, -0.1) is 0 Å². The second-order valence-corrected chi connectivity index (χ2v) is 9.75. The van der Waals surface area contributed by atoms with E-state index in [1.807, 2.05) is 20.0 Å². The molecule has 0 aliphatic heterocycles. The maximum Gasteiger partial charge on any atom is 0.182 e. The molecule has 2 saturated carbocycles. The Morgan fingerprint density at radius 2 is 1.76 bits per heavy atom. The zero-order valence-corrected chi connectivity index (χ0v) is 19.3. The molecule has 2 fully saturated rings. The lowest BCUT2D eigenvalue weighted by Crippen LogP contribution is -2.07. The molecule has 0 bridgehead atoms. The Kier molecular flexibility index (Phi) is 4.91. The summed E-state index contributed by atoms with van der Waals surface area (Å²) in [6.07, 6.45) is 9.66. The topological polar surface area (TPSA) is 69.4 Å². The van der Waals surface area contributed by atoms with Gasteiger partial charge in [-0.25, -0.2) is 24.3 Å². The van der Waals surface area contributed by atoms with Crippen LogP contribution in [0.3, 0.4) is 0 Å². The van der Waals surface area contributed by atoms with E-state index in [1.54, 1.807) is 12.1 Å². The van der Waals surface area contributed by atoms with Crippen LogP contribution in [0, 0.1) is 19.7 Å². The molecule has 0 radical (unpaired) electrons. The van der Waals surface area contributed by atoms with E-state index in [1.165, 1.54) is 24.5 Å². The van der Waals surface area contributed by atoms with Crippen LogP contribution in [0.4, 0.5) is 4.39 Å². The molecule has 2 aliphatic carbocycles. The van der Waals surface area contributed by atoms with Crippen molar-refractivity contribution in [1.82, 2.24) is 29.7 Å². The Morgan fingerprint density at radius 1 is 0.970 bits per heavy atom. The highest BCUT2D eigenvalue weighted by molar-refractivity contribution is 6.30. The van der Waals surface area contributed by atoms with E-state index in [-0.39, 0.29) is 5.92 Å². The average molecular weight is 463 g/mol. The lowest BCUT2D eigenvalue weighted by atomic mass is 9.99. The highest BCUT2D eigenvalue weighted by atomic mass is 35.5. The van der Waals surface area contributed by atoms with Crippen molar-refractivity contribution in [1.29, 1.82) is 0 Å². The molecule has 0 N–H and O–H groups in total. The van der Waals surface area contributed by atoms with E-state index < -0.39 is 5.82 Å². The van der Waals surface area contributed by atoms with Gasteiger partial charge in [-0.3, -0.25) is 4.68 Å². The van der Waals surface area contributed by atoms with Crippen LogP contribution >= 0.6 is 11.6 Å². The van der Waals surface area contributed by atoms with E-state index >= 15 is 0 Å².